The van der Waals surface area contributed by atoms with Crippen molar-refractivity contribution in [2.24, 2.45) is 0 Å². The molecule has 1 saturated carbocycles. The molecule has 15 heavy (non-hydrogen) atoms. The zero-order valence-corrected chi connectivity index (χ0v) is 9.38. The number of hydrogen-bond donors (Lipinski definition) is 2. The molecule has 0 aliphatic heterocycles. The highest BCUT2D eigenvalue weighted by Gasteiger charge is 2.21. The molecule has 0 saturated heterocycles. The highest BCUT2D eigenvalue weighted by molar-refractivity contribution is 5.48. The fourth-order valence-electron chi connectivity index (χ4n) is 1.47. The standard InChI is InChI=1S/C11H18N4/c1-3-4-9-14-10(12-2)7-11(15-9)13-8-5-6-8/h7-8H,3-6H2,1-2H3,(H2,12,13,14,15). The average molecular weight is 206 g/mol. The van der Waals surface area contributed by atoms with Gasteiger partial charge in [-0.1, -0.05) is 6.92 Å². The quantitative estimate of drug-likeness (QED) is 0.774. The van der Waals surface area contributed by atoms with Crippen LogP contribution in [-0.2, 0) is 6.42 Å². The summed E-state index contributed by atoms with van der Waals surface area (Å²) in [5.41, 5.74) is 0. The smallest absolute Gasteiger partial charge is 0.133 e. The Hall–Kier alpha value is -1.32. The maximum atomic E-state index is 4.49. The van der Waals surface area contributed by atoms with Crippen molar-refractivity contribution in [3.63, 3.8) is 0 Å². The third kappa shape index (κ3) is 2.81. The fourth-order valence-corrected chi connectivity index (χ4v) is 1.47. The van der Waals surface area contributed by atoms with E-state index in [0.717, 1.165) is 30.3 Å². The lowest BCUT2D eigenvalue weighted by Crippen LogP contribution is -2.07. The number of rotatable bonds is 5. The van der Waals surface area contributed by atoms with Gasteiger partial charge in [0.15, 0.2) is 0 Å². The minimum Gasteiger partial charge on any atom is -0.373 e. The van der Waals surface area contributed by atoms with E-state index >= 15 is 0 Å². The minimum atomic E-state index is 0.638. The van der Waals surface area contributed by atoms with Crippen LogP contribution in [0.1, 0.15) is 32.0 Å². The van der Waals surface area contributed by atoms with Crippen LogP contribution in [0, 0.1) is 0 Å². The zero-order chi connectivity index (χ0) is 10.7. The Morgan fingerprint density at radius 1 is 1.33 bits per heavy atom. The minimum absolute atomic E-state index is 0.638. The van der Waals surface area contributed by atoms with Crippen molar-refractivity contribution in [1.82, 2.24) is 9.97 Å². The molecule has 82 valence electrons. The molecule has 1 aliphatic carbocycles. The summed E-state index contributed by atoms with van der Waals surface area (Å²) >= 11 is 0. The predicted octanol–water partition coefficient (Wildman–Crippen LogP) is 2.05. The van der Waals surface area contributed by atoms with Crippen molar-refractivity contribution in [2.75, 3.05) is 17.7 Å². The van der Waals surface area contributed by atoms with Crippen molar-refractivity contribution in [1.29, 1.82) is 0 Å². The van der Waals surface area contributed by atoms with E-state index in [1.807, 2.05) is 13.1 Å². The molecule has 0 radical (unpaired) electrons. The van der Waals surface area contributed by atoms with Crippen LogP contribution in [0.3, 0.4) is 0 Å². The van der Waals surface area contributed by atoms with Gasteiger partial charge in [0, 0.05) is 25.6 Å². The maximum absolute atomic E-state index is 4.49. The van der Waals surface area contributed by atoms with Gasteiger partial charge < -0.3 is 10.6 Å². The summed E-state index contributed by atoms with van der Waals surface area (Å²) in [6.07, 6.45) is 4.55. The lowest BCUT2D eigenvalue weighted by atomic mass is 10.3. The Morgan fingerprint density at radius 2 is 2.07 bits per heavy atom. The summed E-state index contributed by atoms with van der Waals surface area (Å²) in [5.74, 6) is 2.78. The van der Waals surface area contributed by atoms with Gasteiger partial charge in [0.25, 0.3) is 0 Å². The van der Waals surface area contributed by atoms with E-state index < -0.39 is 0 Å². The third-order valence-corrected chi connectivity index (χ3v) is 2.43. The van der Waals surface area contributed by atoms with Gasteiger partial charge in [0.05, 0.1) is 0 Å². The van der Waals surface area contributed by atoms with E-state index in [0.29, 0.717) is 6.04 Å². The Morgan fingerprint density at radius 3 is 2.67 bits per heavy atom. The van der Waals surface area contributed by atoms with Crippen LogP contribution in [-0.4, -0.2) is 23.1 Å². The monoisotopic (exact) mass is 206 g/mol. The number of nitrogens with one attached hydrogen (secondary N) is 2. The second kappa shape index (κ2) is 4.47. The van der Waals surface area contributed by atoms with E-state index in [1.54, 1.807) is 0 Å². The first-order valence-electron chi connectivity index (χ1n) is 5.64. The van der Waals surface area contributed by atoms with Crippen LogP contribution >= 0.6 is 0 Å². The summed E-state index contributed by atoms with van der Waals surface area (Å²) in [6.45, 7) is 2.14. The van der Waals surface area contributed by atoms with Crippen LogP contribution in [0.2, 0.25) is 0 Å². The van der Waals surface area contributed by atoms with Crippen LogP contribution in [0.5, 0.6) is 0 Å². The molecule has 1 aliphatic rings. The van der Waals surface area contributed by atoms with Crippen LogP contribution in [0.15, 0.2) is 6.07 Å². The number of hydrogen-bond acceptors (Lipinski definition) is 4. The first-order valence-corrected chi connectivity index (χ1v) is 5.64. The number of aromatic nitrogens is 2. The molecule has 1 heterocycles. The Kier molecular flexibility index (Phi) is 3.04. The number of anilines is 2. The van der Waals surface area contributed by atoms with E-state index in [9.17, 15) is 0 Å². The molecule has 0 unspecified atom stereocenters. The zero-order valence-electron chi connectivity index (χ0n) is 9.38. The Balaban J connectivity index is 2.15. The molecule has 1 fully saturated rings. The number of nitrogens with zero attached hydrogens (tertiary/aromatic N) is 2. The van der Waals surface area contributed by atoms with Crippen molar-refractivity contribution in [3.8, 4) is 0 Å². The number of aryl methyl sites for hydroxylation is 1. The first-order chi connectivity index (χ1) is 7.31. The predicted molar refractivity (Wildman–Crippen MR) is 62.2 cm³/mol. The normalized spacial score (nSPS) is 15.1. The van der Waals surface area contributed by atoms with Gasteiger partial charge >= 0.3 is 0 Å². The largest absolute Gasteiger partial charge is 0.373 e. The van der Waals surface area contributed by atoms with Crippen molar-refractivity contribution in [2.45, 2.75) is 38.6 Å². The van der Waals surface area contributed by atoms with Crippen molar-refractivity contribution < 1.29 is 0 Å². The summed E-state index contributed by atoms with van der Waals surface area (Å²) in [7, 11) is 1.89. The van der Waals surface area contributed by atoms with E-state index in [1.165, 1.54) is 12.8 Å². The molecule has 0 bridgehead atoms. The molecule has 0 amide bonds. The Bertz CT molecular complexity index is 333. The van der Waals surface area contributed by atoms with E-state index in [-0.39, 0.29) is 0 Å². The highest BCUT2D eigenvalue weighted by Crippen LogP contribution is 2.24. The van der Waals surface area contributed by atoms with Gasteiger partial charge in [-0.05, 0) is 19.3 Å². The Labute approximate surface area is 90.5 Å². The first kappa shape index (κ1) is 10.2. The molecular weight excluding hydrogens is 188 g/mol. The lowest BCUT2D eigenvalue weighted by molar-refractivity contribution is 0.835. The maximum Gasteiger partial charge on any atom is 0.133 e. The van der Waals surface area contributed by atoms with Gasteiger partial charge in [-0.2, -0.15) is 0 Å². The topological polar surface area (TPSA) is 49.8 Å². The van der Waals surface area contributed by atoms with Gasteiger partial charge in [-0.3, -0.25) is 0 Å². The molecule has 4 nitrogen and oxygen atoms in total. The second-order valence-corrected chi connectivity index (χ2v) is 3.97. The summed E-state index contributed by atoms with van der Waals surface area (Å²) in [4.78, 5) is 8.90. The van der Waals surface area contributed by atoms with Gasteiger partial charge in [0.1, 0.15) is 17.5 Å². The molecule has 2 rings (SSSR count). The third-order valence-electron chi connectivity index (χ3n) is 2.43. The highest BCUT2D eigenvalue weighted by atomic mass is 15.1. The van der Waals surface area contributed by atoms with Gasteiger partial charge in [-0.15, -0.1) is 0 Å². The van der Waals surface area contributed by atoms with Crippen LogP contribution in [0.4, 0.5) is 11.6 Å². The van der Waals surface area contributed by atoms with E-state index in [2.05, 4.69) is 27.5 Å². The second-order valence-electron chi connectivity index (χ2n) is 3.97. The molecule has 2 N–H and O–H groups in total. The van der Waals surface area contributed by atoms with Crippen LogP contribution in [0.25, 0.3) is 0 Å². The molecule has 1 aromatic heterocycles. The molecule has 1 aromatic rings. The van der Waals surface area contributed by atoms with Gasteiger partial charge in [0.2, 0.25) is 0 Å². The average Bonchev–Trinajstić information content (AvgIpc) is 3.02. The van der Waals surface area contributed by atoms with Crippen molar-refractivity contribution >= 4 is 11.6 Å². The van der Waals surface area contributed by atoms with Crippen molar-refractivity contribution in [3.05, 3.63) is 11.9 Å². The molecular formula is C11H18N4. The summed E-state index contributed by atoms with van der Waals surface area (Å²) in [6, 6.07) is 2.61. The molecule has 0 aromatic carbocycles. The fraction of sp³-hybridized carbons (Fsp3) is 0.636. The lowest BCUT2D eigenvalue weighted by Gasteiger charge is -2.08. The molecule has 0 atom stereocenters. The van der Waals surface area contributed by atoms with E-state index in [4.69, 9.17) is 0 Å². The molecule has 0 spiro atoms. The summed E-state index contributed by atoms with van der Waals surface area (Å²) in [5, 5.41) is 6.47. The van der Waals surface area contributed by atoms with Crippen LogP contribution < -0.4 is 10.6 Å². The van der Waals surface area contributed by atoms with Gasteiger partial charge in [-0.25, -0.2) is 9.97 Å². The molecule has 4 heteroatoms. The summed E-state index contributed by atoms with van der Waals surface area (Å²) < 4.78 is 0. The SMILES string of the molecule is CCCc1nc(NC)cc(NC2CC2)n1.